The molecule has 0 spiro atoms. The molecular formula is C25H35N3O2S. The van der Waals surface area contributed by atoms with E-state index in [2.05, 4.69) is 35.0 Å². The van der Waals surface area contributed by atoms with Crippen LogP contribution < -0.4 is 0 Å². The van der Waals surface area contributed by atoms with Crippen molar-refractivity contribution in [2.24, 2.45) is 10.9 Å². The fourth-order valence-electron chi connectivity index (χ4n) is 5.45. The minimum atomic E-state index is -0.633. The smallest absolute Gasteiger partial charge is 0.151 e. The Morgan fingerprint density at radius 2 is 2.00 bits per heavy atom. The Kier molecular flexibility index (Phi) is 6.58. The van der Waals surface area contributed by atoms with E-state index in [1.807, 2.05) is 6.20 Å². The molecule has 0 unspecified atom stereocenters. The summed E-state index contributed by atoms with van der Waals surface area (Å²) in [6.07, 6.45) is 15.8. The largest absolute Gasteiger partial charge is 0.476 e. The molecule has 6 heteroatoms. The van der Waals surface area contributed by atoms with Crippen molar-refractivity contribution < 1.29 is 8.95 Å². The standard InChI is InChI=1S/C25H35N3O2S/c1-19-5-7-23(8-6-19)28-17-22-15-20(16-27-10-12-31(29)13-11-27)14-21-4-2-3-9-26-24(21)25(22)30-18-28/h3-4,9,15,19,23H,2,5-8,10-14,16-18H2,1H3. The quantitative estimate of drug-likeness (QED) is 0.669. The maximum absolute atomic E-state index is 11.8. The van der Waals surface area contributed by atoms with Gasteiger partial charge in [0.25, 0.3) is 0 Å². The van der Waals surface area contributed by atoms with Crippen LogP contribution in [0, 0.1) is 5.92 Å². The van der Waals surface area contributed by atoms with Crippen molar-refractivity contribution in [1.82, 2.24) is 9.80 Å². The van der Waals surface area contributed by atoms with Crippen LogP contribution in [-0.4, -0.2) is 70.2 Å². The van der Waals surface area contributed by atoms with Crippen LogP contribution in [0.1, 0.15) is 45.4 Å². The summed E-state index contributed by atoms with van der Waals surface area (Å²) >= 11 is 0. The molecule has 0 aromatic carbocycles. The van der Waals surface area contributed by atoms with E-state index in [-0.39, 0.29) is 0 Å². The molecule has 1 saturated heterocycles. The summed E-state index contributed by atoms with van der Waals surface area (Å²) < 4.78 is 18.2. The number of hydrogen-bond donors (Lipinski definition) is 0. The third kappa shape index (κ3) is 4.96. The third-order valence-corrected chi connectivity index (χ3v) is 8.64. The van der Waals surface area contributed by atoms with Gasteiger partial charge in [-0.15, -0.1) is 0 Å². The van der Waals surface area contributed by atoms with E-state index in [0.29, 0.717) is 12.8 Å². The molecule has 1 saturated carbocycles. The van der Waals surface area contributed by atoms with Crippen LogP contribution in [0.15, 0.2) is 51.9 Å². The molecule has 2 aliphatic carbocycles. The van der Waals surface area contributed by atoms with Crippen LogP contribution in [0.2, 0.25) is 0 Å². The molecule has 31 heavy (non-hydrogen) atoms. The summed E-state index contributed by atoms with van der Waals surface area (Å²) in [4.78, 5) is 9.82. The Balaban J connectivity index is 1.40. The molecule has 0 atom stereocenters. The van der Waals surface area contributed by atoms with Crippen LogP contribution in [0.25, 0.3) is 0 Å². The molecule has 0 bridgehead atoms. The summed E-state index contributed by atoms with van der Waals surface area (Å²) in [6, 6.07) is 0.633. The van der Waals surface area contributed by atoms with Crippen LogP contribution in [-0.2, 0) is 15.5 Å². The van der Waals surface area contributed by atoms with Crippen LogP contribution in [0.3, 0.4) is 0 Å². The van der Waals surface area contributed by atoms with Crippen molar-refractivity contribution in [1.29, 1.82) is 0 Å². The van der Waals surface area contributed by atoms with E-state index in [4.69, 9.17) is 9.73 Å². The Morgan fingerprint density at radius 3 is 2.81 bits per heavy atom. The van der Waals surface area contributed by atoms with Gasteiger partial charge in [-0.3, -0.25) is 19.0 Å². The molecule has 0 aromatic heterocycles. The molecule has 168 valence electrons. The molecule has 0 amide bonds. The van der Waals surface area contributed by atoms with Crippen LogP contribution in [0.4, 0.5) is 0 Å². The van der Waals surface area contributed by atoms with Gasteiger partial charge in [-0.25, -0.2) is 0 Å². The second kappa shape index (κ2) is 9.55. The van der Waals surface area contributed by atoms with E-state index in [9.17, 15) is 4.21 Å². The van der Waals surface area contributed by atoms with Gasteiger partial charge in [-0.1, -0.05) is 30.7 Å². The molecular weight excluding hydrogens is 406 g/mol. The summed E-state index contributed by atoms with van der Waals surface area (Å²) in [7, 11) is -0.633. The van der Waals surface area contributed by atoms with Gasteiger partial charge in [0.05, 0.1) is 0 Å². The van der Waals surface area contributed by atoms with E-state index < -0.39 is 10.8 Å². The monoisotopic (exact) mass is 441 g/mol. The van der Waals surface area contributed by atoms with Gasteiger partial charge in [0.1, 0.15) is 12.4 Å². The van der Waals surface area contributed by atoms with Crippen molar-refractivity contribution in [2.45, 2.75) is 51.5 Å². The summed E-state index contributed by atoms with van der Waals surface area (Å²) in [5.74, 6) is 3.46. The highest BCUT2D eigenvalue weighted by molar-refractivity contribution is 7.85. The summed E-state index contributed by atoms with van der Waals surface area (Å²) in [5.41, 5.74) is 5.05. The molecule has 5 rings (SSSR count). The maximum Gasteiger partial charge on any atom is 0.151 e. The minimum absolute atomic E-state index is 0.633. The highest BCUT2D eigenvalue weighted by Crippen LogP contribution is 2.34. The first-order valence-corrected chi connectivity index (χ1v) is 13.4. The lowest BCUT2D eigenvalue weighted by atomic mass is 9.86. The van der Waals surface area contributed by atoms with Crippen molar-refractivity contribution in [3.05, 3.63) is 46.9 Å². The lowest BCUT2D eigenvalue weighted by Gasteiger charge is -2.39. The zero-order chi connectivity index (χ0) is 21.2. The van der Waals surface area contributed by atoms with E-state index >= 15 is 0 Å². The Bertz CT molecular complexity index is 867. The number of rotatable bonds is 3. The fourth-order valence-corrected chi connectivity index (χ4v) is 6.58. The second-order valence-electron chi connectivity index (χ2n) is 9.72. The third-order valence-electron chi connectivity index (χ3n) is 7.36. The Hall–Kier alpha value is -1.50. The number of hydrogen-bond acceptors (Lipinski definition) is 5. The average molecular weight is 442 g/mol. The minimum Gasteiger partial charge on any atom is -0.476 e. The SMILES string of the molecule is CC1CCC(N2COC3=C(C=C(CN4CCS(=O)CC4)CC4=CCC=CN=C43)C2)CC1. The first-order valence-electron chi connectivity index (χ1n) is 11.9. The number of allylic oxidation sites excluding steroid dienone is 3. The number of aliphatic imine (C=N–C) groups is 1. The van der Waals surface area contributed by atoms with Gasteiger partial charge in [0.15, 0.2) is 5.76 Å². The van der Waals surface area contributed by atoms with Crippen molar-refractivity contribution >= 4 is 16.5 Å². The molecule has 2 fully saturated rings. The van der Waals surface area contributed by atoms with Crippen molar-refractivity contribution in [3.63, 3.8) is 0 Å². The van der Waals surface area contributed by atoms with Gasteiger partial charge in [-0.2, -0.15) is 0 Å². The Morgan fingerprint density at radius 1 is 1.19 bits per heavy atom. The molecule has 5 aliphatic rings. The molecule has 0 radical (unpaired) electrons. The lowest BCUT2D eigenvalue weighted by Crippen LogP contribution is -2.43. The van der Waals surface area contributed by atoms with Crippen molar-refractivity contribution in [3.8, 4) is 0 Å². The molecule has 3 aliphatic heterocycles. The zero-order valence-corrected chi connectivity index (χ0v) is 19.5. The van der Waals surface area contributed by atoms with Crippen molar-refractivity contribution in [2.75, 3.05) is 44.4 Å². The number of nitrogens with zero attached hydrogens (tertiary/aromatic N) is 3. The van der Waals surface area contributed by atoms with Gasteiger partial charge in [0, 0.05) is 66.3 Å². The molecule has 5 nitrogen and oxygen atoms in total. The molecule has 3 heterocycles. The van der Waals surface area contributed by atoms with Gasteiger partial charge in [0.2, 0.25) is 0 Å². The van der Waals surface area contributed by atoms with Gasteiger partial charge >= 0.3 is 0 Å². The van der Waals surface area contributed by atoms with Gasteiger partial charge in [-0.05, 0) is 50.0 Å². The first-order chi connectivity index (χ1) is 15.2. The Labute approximate surface area is 189 Å². The van der Waals surface area contributed by atoms with Gasteiger partial charge < -0.3 is 4.74 Å². The molecule has 0 aromatic rings. The summed E-state index contributed by atoms with van der Waals surface area (Å²) in [6.45, 7) is 6.83. The number of ether oxygens (including phenoxy) is 1. The normalized spacial score (nSPS) is 30.9. The molecule has 0 N–H and O–H groups in total. The average Bonchev–Trinajstić information content (AvgIpc) is 3.08. The highest BCUT2D eigenvalue weighted by Gasteiger charge is 2.32. The highest BCUT2D eigenvalue weighted by atomic mass is 32.2. The predicted octanol–water partition coefficient (Wildman–Crippen LogP) is 3.79. The van der Waals surface area contributed by atoms with Crippen LogP contribution >= 0.6 is 0 Å². The van der Waals surface area contributed by atoms with E-state index in [0.717, 1.165) is 67.9 Å². The topological polar surface area (TPSA) is 45.1 Å². The summed E-state index contributed by atoms with van der Waals surface area (Å²) in [5, 5.41) is 0. The second-order valence-corrected chi connectivity index (χ2v) is 11.4. The van der Waals surface area contributed by atoms with E-state index in [1.165, 1.54) is 42.4 Å². The maximum atomic E-state index is 11.8. The zero-order valence-electron chi connectivity index (χ0n) is 18.7. The lowest BCUT2D eigenvalue weighted by molar-refractivity contribution is 0.0206. The number of fused-ring (bicyclic) bond motifs is 2. The first kappa shape index (κ1) is 21.4. The fraction of sp³-hybridized carbons (Fsp3) is 0.640. The van der Waals surface area contributed by atoms with Crippen LogP contribution in [0.5, 0.6) is 0 Å². The predicted molar refractivity (Wildman–Crippen MR) is 127 cm³/mol. The van der Waals surface area contributed by atoms with E-state index in [1.54, 1.807) is 0 Å².